The van der Waals surface area contributed by atoms with Crippen LogP contribution in [0.1, 0.15) is 24.8 Å². The summed E-state index contributed by atoms with van der Waals surface area (Å²) in [6, 6.07) is 4.94. The van der Waals surface area contributed by atoms with E-state index in [2.05, 4.69) is 6.07 Å². The lowest BCUT2D eigenvalue weighted by molar-refractivity contribution is 0.321. The average molecular weight is 226 g/mol. The molecule has 4 heteroatoms. The summed E-state index contributed by atoms with van der Waals surface area (Å²) in [5.41, 5.74) is 0.0367. The molecule has 1 saturated carbocycles. The van der Waals surface area contributed by atoms with Gasteiger partial charge in [0.05, 0.1) is 16.5 Å². The molecule has 0 radical (unpaired) electrons. The summed E-state index contributed by atoms with van der Waals surface area (Å²) < 4.78 is 13.1. The lowest BCUT2D eigenvalue weighted by atomic mass is 9.65. The van der Waals surface area contributed by atoms with Crippen LogP contribution in [0.15, 0.2) is 12.1 Å². The van der Waals surface area contributed by atoms with E-state index in [0.29, 0.717) is 5.56 Å². The van der Waals surface area contributed by atoms with Crippen molar-refractivity contribution < 1.29 is 9.50 Å². The van der Waals surface area contributed by atoms with Crippen LogP contribution in [0.2, 0.25) is 5.02 Å². The Kier molecular flexibility index (Phi) is 2.32. The van der Waals surface area contributed by atoms with E-state index in [9.17, 15) is 9.50 Å². The largest absolute Gasteiger partial charge is 0.505 e. The third-order valence-electron chi connectivity index (χ3n) is 2.98. The maximum absolute atomic E-state index is 13.1. The fraction of sp³-hybridized carbons (Fsp3) is 0.364. The summed E-state index contributed by atoms with van der Waals surface area (Å²) in [6.45, 7) is 0. The zero-order valence-corrected chi connectivity index (χ0v) is 8.68. The van der Waals surface area contributed by atoms with Gasteiger partial charge < -0.3 is 5.11 Å². The molecule has 1 aliphatic carbocycles. The number of nitriles is 1. The fourth-order valence-corrected chi connectivity index (χ4v) is 2.06. The molecular weight excluding hydrogens is 217 g/mol. The van der Waals surface area contributed by atoms with E-state index in [4.69, 9.17) is 16.9 Å². The summed E-state index contributed by atoms with van der Waals surface area (Å²) in [5, 5.41) is 18.2. The maximum atomic E-state index is 13.1. The number of aromatic hydroxyl groups is 1. The fourth-order valence-electron chi connectivity index (χ4n) is 1.85. The van der Waals surface area contributed by atoms with Crippen LogP contribution >= 0.6 is 11.6 Å². The van der Waals surface area contributed by atoms with Crippen LogP contribution in [0.4, 0.5) is 4.39 Å². The number of phenols is 1. The topological polar surface area (TPSA) is 44.0 Å². The molecular formula is C11H9ClFNO. The Morgan fingerprint density at radius 3 is 2.53 bits per heavy atom. The van der Waals surface area contributed by atoms with Gasteiger partial charge in [-0.1, -0.05) is 11.6 Å². The van der Waals surface area contributed by atoms with Crippen molar-refractivity contribution in [2.24, 2.45) is 0 Å². The molecule has 0 aliphatic heterocycles. The first-order valence-corrected chi connectivity index (χ1v) is 5.06. The van der Waals surface area contributed by atoms with Gasteiger partial charge in [0.25, 0.3) is 0 Å². The van der Waals surface area contributed by atoms with Gasteiger partial charge in [0.2, 0.25) is 0 Å². The Morgan fingerprint density at radius 2 is 2.13 bits per heavy atom. The summed E-state index contributed by atoms with van der Waals surface area (Å²) in [4.78, 5) is 0. The monoisotopic (exact) mass is 225 g/mol. The highest BCUT2D eigenvalue weighted by atomic mass is 35.5. The molecule has 78 valence electrons. The smallest absolute Gasteiger partial charge is 0.183 e. The highest BCUT2D eigenvalue weighted by molar-refractivity contribution is 6.31. The minimum atomic E-state index is -0.826. The Morgan fingerprint density at radius 1 is 1.47 bits per heavy atom. The van der Waals surface area contributed by atoms with E-state index >= 15 is 0 Å². The second-order valence-electron chi connectivity index (χ2n) is 3.84. The predicted octanol–water partition coefficient (Wildman–Crippen LogP) is 3.13. The number of hydrogen-bond donors (Lipinski definition) is 1. The molecule has 0 aromatic heterocycles. The van der Waals surface area contributed by atoms with Gasteiger partial charge in [0.1, 0.15) is 0 Å². The third kappa shape index (κ3) is 1.46. The van der Waals surface area contributed by atoms with Crippen LogP contribution in [-0.4, -0.2) is 5.11 Å². The molecule has 15 heavy (non-hydrogen) atoms. The minimum Gasteiger partial charge on any atom is -0.505 e. The molecule has 1 N–H and O–H groups in total. The first kappa shape index (κ1) is 10.3. The van der Waals surface area contributed by atoms with E-state index < -0.39 is 17.0 Å². The molecule has 1 aromatic rings. The van der Waals surface area contributed by atoms with Gasteiger partial charge in [-0.05, 0) is 37.0 Å². The number of rotatable bonds is 1. The van der Waals surface area contributed by atoms with E-state index in [0.717, 1.165) is 19.3 Å². The number of halogens is 2. The summed E-state index contributed by atoms with van der Waals surface area (Å²) >= 11 is 5.62. The number of benzene rings is 1. The number of phenolic OH excluding ortho intramolecular Hbond substituents is 1. The summed E-state index contributed by atoms with van der Waals surface area (Å²) in [7, 11) is 0. The minimum absolute atomic E-state index is 0.133. The molecule has 0 atom stereocenters. The zero-order chi connectivity index (χ0) is 11.1. The molecule has 0 bridgehead atoms. The van der Waals surface area contributed by atoms with Crippen molar-refractivity contribution in [1.82, 2.24) is 0 Å². The normalized spacial score (nSPS) is 17.9. The molecule has 2 nitrogen and oxygen atoms in total. The van der Waals surface area contributed by atoms with E-state index in [-0.39, 0.29) is 5.02 Å². The molecule has 0 unspecified atom stereocenters. The third-order valence-corrected chi connectivity index (χ3v) is 3.26. The van der Waals surface area contributed by atoms with Crippen molar-refractivity contribution >= 4 is 11.6 Å². The summed E-state index contributed by atoms with van der Waals surface area (Å²) in [5.74, 6) is -1.31. The summed E-state index contributed by atoms with van der Waals surface area (Å²) in [6.07, 6.45) is 2.46. The van der Waals surface area contributed by atoms with Crippen LogP contribution in [0.25, 0.3) is 0 Å². The van der Waals surface area contributed by atoms with Crippen molar-refractivity contribution in [3.05, 3.63) is 28.5 Å². The first-order valence-electron chi connectivity index (χ1n) is 4.69. The van der Waals surface area contributed by atoms with E-state index in [1.54, 1.807) is 0 Å². The lowest BCUT2D eigenvalue weighted by Crippen LogP contribution is -2.32. The van der Waals surface area contributed by atoms with Gasteiger partial charge in [0, 0.05) is 0 Å². The van der Waals surface area contributed by atoms with Crippen molar-refractivity contribution in [3.8, 4) is 11.8 Å². The van der Waals surface area contributed by atoms with E-state index in [1.807, 2.05) is 0 Å². The zero-order valence-electron chi connectivity index (χ0n) is 7.93. The molecule has 2 rings (SSSR count). The standard InChI is InChI=1S/C11H9ClFNO/c12-8-4-7(5-9(15)10(8)13)11(6-14)2-1-3-11/h4-5,15H,1-3H2. The van der Waals surface area contributed by atoms with Gasteiger partial charge >= 0.3 is 0 Å². The highest BCUT2D eigenvalue weighted by Gasteiger charge is 2.39. The van der Waals surface area contributed by atoms with Gasteiger partial charge in [-0.2, -0.15) is 5.26 Å². The van der Waals surface area contributed by atoms with E-state index in [1.165, 1.54) is 12.1 Å². The average Bonchev–Trinajstić information content (AvgIpc) is 2.13. The number of hydrogen-bond acceptors (Lipinski definition) is 2. The Bertz CT molecular complexity index is 425. The SMILES string of the molecule is N#CC1(c2cc(O)c(F)c(Cl)c2)CCC1. The molecule has 1 aliphatic rings. The lowest BCUT2D eigenvalue weighted by Gasteiger charge is -2.35. The van der Waals surface area contributed by atoms with Gasteiger partial charge in [-0.15, -0.1) is 0 Å². The molecule has 1 fully saturated rings. The molecule has 0 spiro atoms. The Balaban J connectivity index is 2.51. The molecule has 0 heterocycles. The van der Waals surface area contributed by atoms with Crippen molar-refractivity contribution in [1.29, 1.82) is 5.26 Å². The predicted molar refractivity (Wildman–Crippen MR) is 54.2 cm³/mol. The van der Waals surface area contributed by atoms with Gasteiger partial charge in [-0.25, -0.2) is 4.39 Å². The Labute approximate surface area is 91.9 Å². The van der Waals surface area contributed by atoms with Crippen LogP contribution in [0.3, 0.4) is 0 Å². The first-order chi connectivity index (χ1) is 7.09. The van der Waals surface area contributed by atoms with Crippen LogP contribution in [-0.2, 0) is 5.41 Å². The highest BCUT2D eigenvalue weighted by Crippen LogP contribution is 2.45. The van der Waals surface area contributed by atoms with Crippen molar-refractivity contribution in [3.63, 3.8) is 0 Å². The maximum Gasteiger partial charge on any atom is 0.183 e. The molecule has 1 aromatic carbocycles. The van der Waals surface area contributed by atoms with Gasteiger partial charge in [-0.3, -0.25) is 0 Å². The molecule has 0 saturated heterocycles. The quantitative estimate of drug-likeness (QED) is 0.798. The second kappa shape index (κ2) is 3.39. The number of nitrogens with zero attached hydrogens (tertiary/aromatic N) is 1. The van der Waals surface area contributed by atoms with Crippen molar-refractivity contribution in [2.75, 3.05) is 0 Å². The Hall–Kier alpha value is -1.27. The second-order valence-corrected chi connectivity index (χ2v) is 4.25. The van der Waals surface area contributed by atoms with Crippen LogP contribution < -0.4 is 0 Å². The van der Waals surface area contributed by atoms with Crippen LogP contribution in [0.5, 0.6) is 5.75 Å². The van der Waals surface area contributed by atoms with Crippen molar-refractivity contribution in [2.45, 2.75) is 24.7 Å². The van der Waals surface area contributed by atoms with Gasteiger partial charge in [0.15, 0.2) is 11.6 Å². The molecule has 0 amide bonds. The van der Waals surface area contributed by atoms with Crippen LogP contribution in [0, 0.1) is 17.1 Å².